The Morgan fingerprint density at radius 1 is 1.47 bits per heavy atom. The van der Waals surface area contributed by atoms with Crippen molar-refractivity contribution in [2.45, 2.75) is 12.9 Å². The van der Waals surface area contributed by atoms with Crippen LogP contribution in [0.4, 0.5) is 18.9 Å². The highest BCUT2D eigenvalue weighted by Crippen LogP contribution is 2.29. The summed E-state index contributed by atoms with van der Waals surface area (Å²) in [7, 11) is 0. The van der Waals surface area contributed by atoms with Gasteiger partial charge < -0.3 is 16.2 Å². The van der Waals surface area contributed by atoms with Crippen LogP contribution in [0.5, 0.6) is 5.88 Å². The Kier molecular flexibility index (Phi) is 3.40. The molecule has 0 radical (unpaired) electrons. The first-order valence-corrected chi connectivity index (χ1v) is 4.53. The van der Waals surface area contributed by atoms with E-state index in [4.69, 9.17) is 11.5 Å². The Hall–Kier alpha value is -1.02. The molecular formula is C7H7BrF3N3O. The molecule has 0 saturated carbocycles. The van der Waals surface area contributed by atoms with Gasteiger partial charge in [-0.15, -0.1) is 13.2 Å². The summed E-state index contributed by atoms with van der Waals surface area (Å²) in [5.74, 6) is -0.689. The smallest absolute Gasteiger partial charge is 0.394 e. The molecule has 1 aromatic heterocycles. The van der Waals surface area contributed by atoms with Gasteiger partial charge in [0.25, 0.3) is 0 Å². The van der Waals surface area contributed by atoms with Crippen molar-refractivity contribution in [1.29, 1.82) is 0 Å². The van der Waals surface area contributed by atoms with Crippen LogP contribution in [0.2, 0.25) is 0 Å². The van der Waals surface area contributed by atoms with E-state index in [1.165, 1.54) is 6.07 Å². The zero-order valence-electron chi connectivity index (χ0n) is 7.31. The average molecular weight is 286 g/mol. The molecule has 0 aliphatic carbocycles. The van der Waals surface area contributed by atoms with Gasteiger partial charge in [-0.05, 0) is 22.0 Å². The second kappa shape index (κ2) is 4.23. The van der Waals surface area contributed by atoms with Gasteiger partial charge in [0, 0.05) is 11.0 Å². The minimum absolute atomic E-state index is 0.0188. The number of aromatic nitrogens is 1. The lowest BCUT2D eigenvalue weighted by Crippen LogP contribution is -2.19. The van der Waals surface area contributed by atoms with Crippen LogP contribution in [0.1, 0.15) is 5.69 Å². The lowest BCUT2D eigenvalue weighted by molar-refractivity contribution is -0.275. The summed E-state index contributed by atoms with van der Waals surface area (Å²) >= 11 is 3.06. The first-order chi connectivity index (χ1) is 6.83. The maximum Gasteiger partial charge on any atom is 0.574 e. The van der Waals surface area contributed by atoms with E-state index < -0.39 is 12.2 Å². The lowest BCUT2D eigenvalue weighted by Gasteiger charge is -2.11. The molecule has 0 fully saturated rings. The van der Waals surface area contributed by atoms with E-state index in [1.54, 1.807) is 0 Å². The van der Waals surface area contributed by atoms with Crippen molar-refractivity contribution in [2.75, 3.05) is 5.73 Å². The lowest BCUT2D eigenvalue weighted by atomic mass is 10.3. The topological polar surface area (TPSA) is 74.2 Å². The molecule has 4 N–H and O–H groups in total. The van der Waals surface area contributed by atoms with Crippen LogP contribution in [-0.4, -0.2) is 11.3 Å². The minimum atomic E-state index is -4.82. The highest BCUT2D eigenvalue weighted by Gasteiger charge is 2.33. The summed E-state index contributed by atoms with van der Waals surface area (Å²) in [6.45, 7) is -0.0188. The monoisotopic (exact) mass is 285 g/mol. The molecule has 8 heteroatoms. The van der Waals surface area contributed by atoms with Crippen LogP contribution in [0.15, 0.2) is 10.5 Å². The third-order valence-electron chi connectivity index (χ3n) is 1.45. The SMILES string of the molecule is NCc1nc(OC(F)(F)F)c(N)cc1Br. The standard InChI is InChI=1S/C7H7BrF3N3O/c8-3-1-4(13)6(14-5(3)2-12)15-7(9,10)11/h1H,2,12-13H2. The predicted octanol–water partition coefficient (Wildman–Crippen LogP) is 1.78. The van der Waals surface area contributed by atoms with Crippen LogP contribution in [-0.2, 0) is 6.54 Å². The van der Waals surface area contributed by atoms with E-state index in [0.29, 0.717) is 4.47 Å². The van der Waals surface area contributed by atoms with Crippen molar-refractivity contribution < 1.29 is 17.9 Å². The number of pyridine rings is 1. The molecule has 1 aromatic rings. The molecule has 0 atom stereocenters. The third-order valence-corrected chi connectivity index (χ3v) is 2.13. The quantitative estimate of drug-likeness (QED) is 0.869. The molecule has 0 spiro atoms. The molecule has 0 bridgehead atoms. The number of alkyl halides is 3. The summed E-state index contributed by atoms with van der Waals surface area (Å²) < 4.78 is 39.7. The fourth-order valence-corrected chi connectivity index (χ4v) is 1.35. The summed E-state index contributed by atoms with van der Waals surface area (Å²) in [5, 5.41) is 0. The summed E-state index contributed by atoms with van der Waals surface area (Å²) in [6.07, 6.45) is -4.82. The van der Waals surface area contributed by atoms with Crippen LogP contribution < -0.4 is 16.2 Å². The van der Waals surface area contributed by atoms with E-state index in [0.717, 1.165) is 0 Å². The van der Waals surface area contributed by atoms with Crippen molar-refractivity contribution >= 4 is 21.6 Å². The second-order valence-corrected chi connectivity index (χ2v) is 3.42. The Morgan fingerprint density at radius 3 is 2.53 bits per heavy atom. The van der Waals surface area contributed by atoms with Gasteiger partial charge in [-0.25, -0.2) is 4.98 Å². The minimum Gasteiger partial charge on any atom is -0.394 e. The normalized spacial score (nSPS) is 11.5. The molecule has 0 aromatic carbocycles. The van der Waals surface area contributed by atoms with Gasteiger partial charge in [0.2, 0.25) is 5.88 Å². The zero-order valence-corrected chi connectivity index (χ0v) is 8.89. The van der Waals surface area contributed by atoms with Gasteiger partial charge in [0.15, 0.2) is 0 Å². The maximum absolute atomic E-state index is 11.9. The van der Waals surface area contributed by atoms with Crippen LogP contribution in [0.3, 0.4) is 0 Å². The highest BCUT2D eigenvalue weighted by atomic mass is 79.9. The van der Waals surface area contributed by atoms with Crippen molar-refractivity contribution in [3.8, 4) is 5.88 Å². The van der Waals surface area contributed by atoms with Gasteiger partial charge in [0.05, 0.1) is 11.4 Å². The van der Waals surface area contributed by atoms with Crippen molar-refractivity contribution in [2.24, 2.45) is 5.73 Å². The van der Waals surface area contributed by atoms with Crippen molar-refractivity contribution in [3.05, 3.63) is 16.2 Å². The number of nitrogens with zero attached hydrogens (tertiary/aromatic N) is 1. The van der Waals surface area contributed by atoms with E-state index >= 15 is 0 Å². The second-order valence-electron chi connectivity index (χ2n) is 2.56. The number of hydrogen-bond acceptors (Lipinski definition) is 4. The number of hydrogen-bond donors (Lipinski definition) is 2. The van der Waals surface area contributed by atoms with E-state index in [1.807, 2.05) is 0 Å². The first kappa shape index (κ1) is 12.1. The van der Waals surface area contributed by atoms with Crippen LogP contribution >= 0.6 is 15.9 Å². The van der Waals surface area contributed by atoms with E-state index in [9.17, 15) is 13.2 Å². The van der Waals surface area contributed by atoms with Crippen LogP contribution in [0, 0.1) is 0 Å². The first-order valence-electron chi connectivity index (χ1n) is 3.74. The Labute approximate surface area is 91.5 Å². The van der Waals surface area contributed by atoms with E-state index in [2.05, 4.69) is 25.7 Å². The zero-order chi connectivity index (χ0) is 11.6. The number of nitrogen functional groups attached to an aromatic ring is 1. The van der Waals surface area contributed by atoms with Crippen molar-refractivity contribution in [3.63, 3.8) is 0 Å². The van der Waals surface area contributed by atoms with Gasteiger partial charge >= 0.3 is 6.36 Å². The average Bonchev–Trinajstić information content (AvgIpc) is 2.07. The van der Waals surface area contributed by atoms with Gasteiger partial charge in [-0.3, -0.25) is 0 Å². The molecule has 4 nitrogen and oxygen atoms in total. The maximum atomic E-state index is 11.9. The summed E-state index contributed by atoms with van der Waals surface area (Å²) in [5.41, 5.74) is 10.6. The summed E-state index contributed by atoms with van der Waals surface area (Å²) in [6, 6.07) is 1.26. The predicted molar refractivity (Wildman–Crippen MR) is 50.9 cm³/mol. The number of ether oxygens (including phenoxy) is 1. The fraction of sp³-hybridized carbons (Fsp3) is 0.286. The van der Waals surface area contributed by atoms with Crippen molar-refractivity contribution in [1.82, 2.24) is 4.98 Å². The molecule has 1 heterocycles. The van der Waals surface area contributed by atoms with Gasteiger partial charge in [-0.2, -0.15) is 0 Å². The number of anilines is 1. The molecule has 0 saturated heterocycles. The van der Waals surface area contributed by atoms with Crippen LogP contribution in [0.25, 0.3) is 0 Å². The molecule has 84 valence electrons. The summed E-state index contributed by atoms with van der Waals surface area (Å²) in [4.78, 5) is 3.54. The highest BCUT2D eigenvalue weighted by molar-refractivity contribution is 9.10. The number of halogens is 4. The van der Waals surface area contributed by atoms with E-state index in [-0.39, 0.29) is 17.9 Å². The largest absolute Gasteiger partial charge is 0.574 e. The number of nitrogens with two attached hydrogens (primary N) is 2. The molecule has 0 aliphatic heterocycles. The molecular weight excluding hydrogens is 279 g/mol. The van der Waals surface area contributed by atoms with Gasteiger partial charge in [-0.1, -0.05) is 0 Å². The van der Waals surface area contributed by atoms with Gasteiger partial charge in [0.1, 0.15) is 0 Å². The third kappa shape index (κ3) is 3.24. The Morgan fingerprint density at radius 2 is 2.07 bits per heavy atom. The molecule has 0 aliphatic rings. The molecule has 0 unspecified atom stereocenters. The molecule has 0 amide bonds. The molecule has 15 heavy (non-hydrogen) atoms. The Balaban J connectivity index is 3.08. The fourth-order valence-electron chi connectivity index (χ4n) is 0.857. The molecule has 1 rings (SSSR count). The number of rotatable bonds is 2. The Bertz CT molecular complexity index is 369.